The highest BCUT2D eigenvalue weighted by Crippen LogP contribution is 2.08. The van der Waals surface area contributed by atoms with E-state index in [0.717, 1.165) is 0 Å². The summed E-state index contributed by atoms with van der Waals surface area (Å²) in [5, 5.41) is 12.5. The molecule has 1 N–H and O–H groups in total. The van der Waals surface area contributed by atoms with Crippen molar-refractivity contribution in [3.8, 4) is 0 Å². The summed E-state index contributed by atoms with van der Waals surface area (Å²) >= 11 is 0. The van der Waals surface area contributed by atoms with Gasteiger partial charge in [-0.15, -0.1) is 0 Å². The van der Waals surface area contributed by atoms with Crippen molar-refractivity contribution in [1.29, 1.82) is 0 Å². The van der Waals surface area contributed by atoms with Crippen molar-refractivity contribution in [1.82, 2.24) is 14.6 Å². The third-order valence-corrected chi connectivity index (χ3v) is 1.58. The number of rotatable bonds is 1. The zero-order chi connectivity index (χ0) is 8.55. The van der Waals surface area contributed by atoms with Crippen molar-refractivity contribution in [3.63, 3.8) is 0 Å². The zero-order valence-electron chi connectivity index (χ0n) is 6.01. The summed E-state index contributed by atoms with van der Waals surface area (Å²) in [4.78, 5) is 14.3. The van der Waals surface area contributed by atoms with E-state index in [1.54, 1.807) is 6.20 Å². The highest BCUT2D eigenvalue weighted by atomic mass is 16.4. The lowest BCUT2D eigenvalue weighted by molar-refractivity contribution is 0.0699. The fourth-order valence-corrected chi connectivity index (χ4v) is 1.03. The molecule has 2 heterocycles. The molecular weight excluding hydrogens is 158 g/mol. The van der Waals surface area contributed by atoms with Gasteiger partial charge in [-0.05, 0) is 6.07 Å². The monoisotopic (exact) mass is 163 g/mol. The van der Waals surface area contributed by atoms with E-state index in [1.807, 2.05) is 0 Å². The summed E-state index contributed by atoms with van der Waals surface area (Å²) in [6.07, 6.45) is 4.41. The molecule has 0 aromatic carbocycles. The summed E-state index contributed by atoms with van der Waals surface area (Å²) in [6.45, 7) is 0. The molecular formula is C7H5N3O2. The van der Waals surface area contributed by atoms with Gasteiger partial charge in [-0.3, -0.25) is 0 Å². The molecule has 5 heteroatoms. The maximum Gasteiger partial charge on any atom is 0.338 e. The van der Waals surface area contributed by atoms with Crippen molar-refractivity contribution in [2.45, 2.75) is 0 Å². The predicted molar refractivity (Wildman–Crippen MR) is 39.9 cm³/mol. The summed E-state index contributed by atoms with van der Waals surface area (Å²) < 4.78 is 1.47. The first-order valence-corrected chi connectivity index (χ1v) is 3.29. The van der Waals surface area contributed by atoms with Gasteiger partial charge in [0.2, 0.25) is 0 Å². The van der Waals surface area contributed by atoms with Crippen LogP contribution in [-0.2, 0) is 0 Å². The number of hydrogen-bond donors (Lipinski definition) is 1. The molecule has 12 heavy (non-hydrogen) atoms. The Balaban J connectivity index is 2.79. The van der Waals surface area contributed by atoms with E-state index in [2.05, 4.69) is 10.1 Å². The second kappa shape index (κ2) is 2.30. The number of fused-ring (bicyclic) bond motifs is 1. The lowest BCUT2D eigenvalue weighted by atomic mass is 10.3. The van der Waals surface area contributed by atoms with Gasteiger partial charge in [0.15, 0.2) is 0 Å². The zero-order valence-corrected chi connectivity index (χ0v) is 6.01. The quantitative estimate of drug-likeness (QED) is 0.661. The van der Waals surface area contributed by atoms with Crippen LogP contribution in [0.25, 0.3) is 5.52 Å². The average Bonchev–Trinajstić information content (AvgIpc) is 2.47. The van der Waals surface area contributed by atoms with Crippen molar-refractivity contribution in [2.24, 2.45) is 0 Å². The molecule has 0 radical (unpaired) electrons. The van der Waals surface area contributed by atoms with Gasteiger partial charge in [-0.2, -0.15) is 5.10 Å². The van der Waals surface area contributed by atoms with Crippen LogP contribution in [0.5, 0.6) is 0 Å². The molecule has 0 aliphatic rings. The summed E-state index contributed by atoms with van der Waals surface area (Å²) in [5.41, 5.74) is 0.723. The minimum absolute atomic E-state index is 0.218. The molecule has 0 aliphatic heterocycles. The maximum atomic E-state index is 10.6. The second-order valence-electron chi connectivity index (χ2n) is 2.27. The van der Waals surface area contributed by atoms with Gasteiger partial charge < -0.3 is 5.11 Å². The molecule has 0 bridgehead atoms. The Bertz CT molecular complexity index is 435. The molecule has 0 amide bonds. The molecule has 0 unspecified atom stereocenters. The van der Waals surface area contributed by atoms with E-state index in [0.29, 0.717) is 5.52 Å². The Morgan fingerprint density at radius 3 is 3.17 bits per heavy atom. The minimum atomic E-state index is -0.965. The fourth-order valence-electron chi connectivity index (χ4n) is 1.03. The summed E-state index contributed by atoms with van der Waals surface area (Å²) in [5.74, 6) is -0.965. The van der Waals surface area contributed by atoms with E-state index in [4.69, 9.17) is 5.11 Å². The van der Waals surface area contributed by atoms with Gasteiger partial charge in [0.1, 0.15) is 6.33 Å². The molecule has 2 aromatic heterocycles. The van der Waals surface area contributed by atoms with Crippen LogP contribution < -0.4 is 0 Å². The van der Waals surface area contributed by atoms with Crippen molar-refractivity contribution < 1.29 is 9.90 Å². The molecule has 0 fully saturated rings. The largest absolute Gasteiger partial charge is 0.478 e. The van der Waals surface area contributed by atoms with Crippen LogP contribution in [0.4, 0.5) is 0 Å². The first-order valence-electron chi connectivity index (χ1n) is 3.29. The van der Waals surface area contributed by atoms with E-state index in [1.165, 1.54) is 23.1 Å². The van der Waals surface area contributed by atoms with Crippen LogP contribution in [0.2, 0.25) is 0 Å². The topological polar surface area (TPSA) is 67.5 Å². The molecule has 2 aromatic rings. The van der Waals surface area contributed by atoms with Gasteiger partial charge in [0.25, 0.3) is 0 Å². The summed E-state index contributed by atoms with van der Waals surface area (Å²) in [6, 6.07) is 1.49. The smallest absolute Gasteiger partial charge is 0.338 e. The molecule has 0 saturated heterocycles. The number of carboxylic acid groups (broad SMARTS) is 1. The van der Waals surface area contributed by atoms with Crippen LogP contribution in [0.15, 0.2) is 24.8 Å². The number of aromatic carboxylic acids is 1. The number of nitrogens with zero attached hydrogens (tertiary/aromatic N) is 3. The number of hydrogen-bond acceptors (Lipinski definition) is 3. The van der Waals surface area contributed by atoms with Crippen LogP contribution in [0.1, 0.15) is 10.4 Å². The van der Waals surface area contributed by atoms with Gasteiger partial charge in [0.05, 0.1) is 17.3 Å². The average molecular weight is 163 g/mol. The van der Waals surface area contributed by atoms with Crippen LogP contribution in [0.3, 0.4) is 0 Å². The highest BCUT2D eigenvalue weighted by Gasteiger charge is 2.08. The van der Waals surface area contributed by atoms with Gasteiger partial charge in [0, 0.05) is 6.20 Å². The summed E-state index contributed by atoms with van der Waals surface area (Å²) in [7, 11) is 0. The first kappa shape index (κ1) is 6.78. The van der Waals surface area contributed by atoms with E-state index < -0.39 is 5.97 Å². The molecule has 60 valence electrons. The number of carbonyl (C=O) groups is 1. The lowest BCUT2D eigenvalue weighted by Gasteiger charge is -1.91. The fraction of sp³-hybridized carbons (Fsp3) is 0. The van der Waals surface area contributed by atoms with E-state index >= 15 is 0 Å². The second-order valence-corrected chi connectivity index (χ2v) is 2.27. The van der Waals surface area contributed by atoms with Crippen molar-refractivity contribution in [2.75, 3.05) is 0 Å². The molecule has 5 nitrogen and oxygen atoms in total. The highest BCUT2D eigenvalue weighted by molar-refractivity contribution is 5.95. The Hall–Kier alpha value is -1.91. The third-order valence-electron chi connectivity index (χ3n) is 1.58. The SMILES string of the molecule is O=C(O)c1ccn2ncncc12. The Morgan fingerprint density at radius 1 is 1.58 bits per heavy atom. The molecule has 0 spiro atoms. The van der Waals surface area contributed by atoms with Gasteiger partial charge in [-0.1, -0.05) is 0 Å². The maximum absolute atomic E-state index is 10.6. The number of aromatic nitrogens is 3. The minimum Gasteiger partial charge on any atom is -0.478 e. The molecule has 0 saturated carbocycles. The Kier molecular flexibility index (Phi) is 1.30. The van der Waals surface area contributed by atoms with Crippen molar-refractivity contribution >= 4 is 11.5 Å². The Labute approximate surface area is 67.3 Å². The van der Waals surface area contributed by atoms with Crippen LogP contribution in [-0.4, -0.2) is 25.7 Å². The Morgan fingerprint density at radius 2 is 2.42 bits per heavy atom. The standard InChI is InChI=1S/C7H5N3O2/c11-7(12)5-1-2-10-6(5)3-8-4-9-10/h1-4H,(H,11,12). The van der Waals surface area contributed by atoms with E-state index in [-0.39, 0.29) is 5.56 Å². The lowest BCUT2D eigenvalue weighted by Crippen LogP contribution is -1.97. The number of carboxylic acids is 1. The molecule has 0 aliphatic carbocycles. The van der Waals surface area contributed by atoms with Crippen LogP contribution in [0, 0.1) is 0 Å². The van der Waals surface area contributed by atoms with Crippen LogP contribution >= 0.6 is 0 Å². The third kappa shape index (κ3) is 0.833. The van der Waals surface area contributed by atoms with Gasteiger partial charge in [-0.25, -0.2) is 14.3 Å². The molecule has 0 atom stereocenters. The normalized spacial score (nSPS) is 10.3. The predicted octanol–water partition coefficient (Wildman–Crippen LogP) is 0.427. The van der Waals surface area contributed by atoms with Crippen molar-refractivity contribution in [3.05, 3.63) is 30.4 Å². The van der Waals surface area contributed by atoms with E-state index in [9.17, 15) is 4.79 Å². The van der Waals surface area contributed by atoms with Gasteiger partial charge >= 0.3 is 5.97 Å². The molecule has 2 rings (SSSR count). The first-order chi connectivity index (χ1) is 5.79.